The first-order chi connectivity index (χ1) is 6.68. The van der Waals surface area contributed by atoms with Crippen LogP contribution in [0.4, 0.5) is 0 Å². The van der Waals surface area contributed by atoms with Crippen LogP contribution >= 0.6 is 0 Å². The van der Waals surface area contributed by atoms with Crippen LogP contribution in [0.3, 0.4) is 0 Å². The van der Waals surface area contributed by atoms with Crippen molar-refractivity contribution in [2.75, 3.05) is 0 Å². The summed E-state index contributed by atoms with van der Waals surface area (Å²) in [5.41, 5.74) is 4.03. The standard InChI is InChI=1S/C6H8N.C6H5.2ClH.Zr/c1-5-3-7-4-6(5)2;1-6-4-2-3-5-6;;;/h3,7H,1-2H3;2-4H,1H2;2*1H;/q;;;;+2/p-2. The van der Waals surface area contributed by atoms with Gasteiger partial charge in [0.2, 0.25) is 0 Å². The molecule has 84 valence electrons. The van der Waals surface area contributed by atoms with Crippen molar-refractivity contribution in [3.63, 3.8) is 0 Å². The van der Waals surface area contributed by atoms with E-state index in [0.717, 1.165) is 0 Å². The van der Waals surface area contributed by atoms with E-state index in [4.69, 9.17) is 0 Å². The van der Waals surface area contributed by atoms with Crippen LogP contribution in [0.15, 0.2) is 39.9 Å². The Morgan fingerprint density at radius 2 is 1.94 bits per heavy atom. The van der Waals surface area contributed by atoms with E-state index in [1.807, 2.05) is 0 Å². The quantitative estimate of drug-likeness (QED) is 0.575. The zero-order chi connectivity index (χ0) is 10.1. The molecule has 0 aliphatic heterocycles. The van der Waals surface area contributed by atoms with Gasteiger partial charge in [0.05, 0.1) is 0 Å². The third-order valence-electron chi connectivity index (χ3n) is 2.57. The normalized spacial score (nSPS) is 12.6. The minimum Gasteiger partial charge on any atom is -1.00 e. The van der Waals surface area contributed by atoms with E-state index in [0.29, 0.717) is 0 Å². The summed E-state index contributed by atoms with van der Waals surface area (Å²) in [5, 5.41) is 0. The Morgan fingerprint density at radius 1 is 1.25 bits per heavy atom. The first-order valence-electron chi connectivity index (χ1n) is 4.67. The molecule has 0 aromatic carbocycles. The SMILES string of the molecule is C=C1C=CC=[C]1[Zr+2][c]1[nH]cc(C)c1C.[Cl-].[Cl-]. The summed E-state index contributed by atoms with van der Waals surface area (Å²) in [7, 11) is 0. The third-order valence-corrected chi connectivity index (χ3v) is 6.32. The fourth-order valence-corrected chi connectivity index (χ4v) is 4.44. The fourth-order valence-electron chi connectivity index (χ4n) is 1.44. The van der Waals surface area contributed by atoms with Crippen molar-refractivity contribution in [2.24, 2.45) is 0 Å². The van der Waals surface area contributed by atoms with E-state index in [-0.39, 0.29) is 24.8 Å². The van der Waals surface area contributed by atoms with Crippen LogP contribution in [0, 0.1) is 13.8 Å². The Bertz CT molecular complexity index is 444. The van der Waals surface area contributed by atoms with Gasteiger partial charge in [-0.3, -0.25) is 0 Å². The molecule has 0 atom stereocenters. The van der Waals surface area contributed by atoms with E-state index < -0.39 is 23.2 Å². The van der Waals surface area contributed by atoms with Crippen molar-refractivity contribution in [3.8, 4) is 0 Å². The van der Waals surface area contributed by atoms with Crippen LogP contribution in [0.2, 0.25) is 0 Å². The Kier molecular flexibility index (Phi) is 6.62. The topological polar surface area (TPSA) is 15.8 Å². The van der Waals surface area contributed by atoms with E-state index in [9.17, 15) is 0 Å². The second-order valence-electron chi connectivity index (χ2n) is 3.56. The Labute approximate surface area is 120 Å². The van der Waals surface area contributed by atoms with Gasteiger partial charge in [0.1, 0.15) is 0 Å². The first kappa shape index (κ1) is 16.0. The molecule has 0 amide bonds. The third kappa shape index (κ3) is 3.23. The summed E-state index contributed by atoms with van der Waals surface area (Å²) < 4.78 is 2.96. The molecule has 4 heteroatoms. The van der Waals surface area contributed by atoms with Gasteiger partial charge in [-0.2, -0.15) is 0 Å². The number of halogens is 2. The molecule has 0 fully saturated rings. The molecule has 0 radical (unpaired) electrons. The summed E-state index contributed by atoms with van der Waals surface area (Å²) in [6, 6.07) is 0. The zero-order valence-corrected chi connectivity index (χ0v) is 13.2. The molecule has 1 aliphatic carbocycles. The Morgan fingerprint density at radius 3 is 2.38 bits per heavy atom. The van der Waals surface area contributed by atoms with Crippen molar-refractivity contribution in [1.82, 2.24) is 4.98 Å². The van der Waals surface area contributed by atoms with E-state index in [1.165, 1.54) is 23.4 Å². The predicted molar refractivity (Wildman–Crippen MR) is 56.3 cm³/mol. The number of allylic oxidation sites excluding steroid dienone is 5. The number of hydrogen-bond acceptors (Lipinski definition) is 0. The number of nitrogens with one attached hydrogen (secondary N) is 1. The summed E-state index contributed by atoms with van der Waals surface area (Å²) in [6.07, 6.45) is 8.52. The summed E-state index contributed by atoms with van der Waals surface area (Å²) >= 11 is -0.641. The predicted octanol–water partition coefficient (Wildman–Crippen LogP) is -3.64. The molecule has 0 unspecified atom stereocenters. The molecular formula is C12H13Cl2NZr. The van der Waals surface area contributed by atoms with Gasteiger partial charge in [-0.1, -0.05) is 0 Å². The molecule has 1 nitrogen and oxygen atoms in total. The summed E-state index contributed by atoms with van der Waals surface area (Å²) in [6.45, 7) is 8.40. The molecule has 2 rings (SSSR count). The average Bonchev–Trinajstić information content (AvgIpc) is 2.68. The molecule has 1 aromatic rings. The van der Waals surface area contributed by atoms with Gasteiger partial charge in [-0.25, -0.2) is 0 Å². The van der Waals surface area contributed by atoms with Gasteiger partial charge < -0.3 is 24.8 Å². The van der Waals surface area contributed by atoms with E-state index >= 15 is 0 Å². The number of H-pyrrole nitrogens is 1. The van der Waals surface area contributed by atoms with Crippen molar-refractivity contribution < 1.29 is 48.0 Å². The fraction of sp³-hybridized carbons (Fsp3) is 0.167. The molecule has 0 saturated carbocycles. The molecule has 0 bridgehead atoms. The molecule has 1 aromatic heterocycles. The van der Waals surface area contributed by atoms with Gasteiger partial charge >= 0.3 is 96.5 Å². The van der Waals surface area contributed by atoms with Crippen molar-refractivity contribution in [1.29, 1.82) is 0 Å². The molecule has 0 saturated heterocycles. The Balaban J connectivity index is 0.00000112. The van der Waals surface area contributed by atoms with Crippen LogP contribution in [-0.2, 0) is 23.2 Å². The molecule has 0 spiro atoms. The van der Waals surface area contributed by atoms with Crippen LogP contribution in [-0.4, -0.2) is 4.98 Å². The summed E-state index contributed by atoms with van der Waals surface area (Å²) in [4.78, 5) is 3.39. The largest absolute Gasteiger partial charge is 1.00 e. The maximum Gasteiger partial charge on any atom is -1.00 e. The van der Waals surface area contributed by atoms with Gasteiger partial charge in [0, 0.05) is 0 Å². The van der Waals surface area contributed by atoms with Gasteiger partial charge in [-0.05, 0) is 0 Å². The minimum absolute atomic E-state index is 0. The van der Waals surface area contributed by atoms with Crippen LogP contribution in [0.25, 0.3) is 0 Å². The number of aromatic amines is 1. The average molecular weight is 333 g/mol. The molecular weight excluding hydrogens is 320 g/mol. The van der Waals surface area contributed by atoms with E-state index in [2.05, 4.69) is 49.8 Å². The van der Waals surface area contributed by atoms with Crippen molar-refractivity contribution in [3.05, 3.63) is 51.0 Å². The van der Waals surface area contributed by atoms with Crippen LogP contribution in [0.5, 0.6) is 0 Å². The molecule has 1 N–H and O–H groups in total. The smallest absolute Gasteiger partial charge is 1.00 e. The monoisotopic (exact) mass is 331 g/mol. The Hall–Kier alpha value is -0.0369. The number of rotatable bonds is 2. The second-order valence-corrected chi connectivity index (χ2v) is 6.73. The molecule has 1 heterocycles. The maximum absolute atomic E-state index is 4.04. The minimum atomic E-state index is -0.641. The van der Waals surface area contributed by atoms with Crippen LogP contribution < -0.4 is 28.2 Å². The number of aromatic nitrogens is 1. The first-order valence-corrected chi connectivity index (χ1v) is 7.13. The van der Waals surface area contributed by atoms with E-state index in [1.54, 1.807) is 0 Å². The number of hydrogen-bond donors (Lipinski definition) is 1. The maximum atomic E-state index is 4.04. The summed E-state index contributed by atoms with van der Waals surface area (Å²) in [5.74, 6) is 0. The molecule has 1 aliphatic rings. The van der Waals surface area contributed by atoms with Gasteiger partial charge in [-0.15, -0.1) is 0 Å². The van der Waals surface area contributed by atoms with Crippen molar-refractivity contribution >= 4 is 3.40 Å². The second kappa shape index (κ2) is 6.64. The van der Waals surface area contributed by atoms with Crippen LogP contribution in [0.1, 0.15) is 11.1 Å². The van der Waals surface area contributed by atoms with Gasteiger partial charge in [0.15, 0.2) is 0 Å². The van der Waals surface area contributed by atoms with Gasteiger partial charge in [0.25, 0.3) is 0 Å². The zero-order valence-electron chi connectivity index (χ0n) is 9.27. The number of aryl methyl sites for hydroxylation is 1. The molecule has 16 heavy (non-hydrogen) atoms. The van der Waals surface area contributed by atoms with Crippen molar-refractivity contribution in [2.45, 2.75) is 13.8 Å².